The highest BCUT2D eigenvalue weighted by Crippen LogP contribution is 2.20. The molecule has 1 N–H and O–H groups in total. The summed E-state index contributed by atoms with van der Waals surface area (Å²) in [6.45, 7) is 3.93. The summed E-state index contributed by atoms with van der Waals surface area (Å²) in [6.07, 6.45) is 1.67. The Bertz CT molecular complexity index is 621. The molecule has 20 heavy (non-hydrogen) atoms. The number of hydrazone groups is 1. The first-order valence-electron chi connectivity index (χ1n) is 6.59. The van der Waals surface area contributed by atoms with Gasteiger partial charge in [0.15, 0.2) is 6.61 Å². The molecule has 104 valence electrons. The van der Waals surface area contributed by atoms with E-state index in [-0.39, 0.29) is 12.5 Å². The monoisotopic (exact) mass is 270 g/mol. The third kappa shape index (κ3) is 4.09. The van der Waals surface area contributed by atoms with E-state index in [4.69, 9.17) is 4.74 Å². The van der Waals surface area contributed by atoms with Crippen LogP contribution in [0.15, 0.2) is 47.6 Å². The summed E-state index contributed by atoms with van der Waals surface area (Å²) in [6, 6.07) is 13.7. The van der Waals surface area contributed by atoms with Gasteiger partial charge in [-0.05, 0) is 28.8 Å². The maximum Gasteiger partial charge on any atom is 0.277 e. The van der Waals surface area contributed by atoms with Crippen LogP contribution in [0.3, 0.4) is 0 Å². The molecule has 1 amide bonds. The Labute approximate surface area is 118 Å². The van der Waals surface area contributed by atoms with Crippen LogP contribution in [0.5, 0.6) is 5.75 Å². The van der Waals surface area contributed by atoms with Gasteiger partial charge in [-0.15, -0.1) is 0 Å². The van der Waals surface area contributed by atoms with Crippen molar-refractivity contribution in [3.05, 3.63) is 42.5 Å². The number of fused-ring (bicyclic) bond motifs is 1. The maximum absolute atomic E-state index is 11.5. The predicted octanol–water partition coefficient (Wildman–Crippen LogP) is 2.98. The standard InChI is InChI=1S/C16H18N2O2/c1-12(2)10-17-18-16(19)11-20-15-8-7-13-5-3-4-6-14(13)9-15/h3-10,12H,11H2,1-2H3,(H,18,19)/b17-10+. The molecule has 0 bridgehead atoms. The third-order valence-electron chi connectivity index (χ3n) is 2.65. The second-order valence-electron chi connectivity index (χ2n) is 4.85. The van der Waals surface area contributed by atoms with Gasteiger partial charge in [-0.2, -0.15) is 5.10 Å². The Kier molecular flexibility index (Phi) is 4.71. The summed E-state index contributed by atoms with van der Waals surface area (Å²) in [5.74, 6) is 0.707. The number of nitrogens with zero attached hydrogens (tertiary/aromatic N) is 1. The summed E-state index contributed by atoms with van der Waals surface area (Å²) < 4.78 is 5.45. The molecule has 0 unspecified atom stereocenters. The minimum atomic E-state index is -0.268. The van der Waals surface area contributed by atoms with Gasteiger partial charge in [0.05, 0.1) is 0 Å². The topological polar surface area (TPSA) is 50.7 Å². The molecule has 0 radical (unpaired) electrons. The molecule has 0 saturated heterocycles. The lowest BCUT2D eigenvalue weighted by molar-refractivity contribution is -0.123. The van der Waals surface area contributed by atoms with Gasteiger partial charge in [0.1, 0.15) is 5.75 Å². The highest BCUT2D eigenvalue weighted by Gasteiger charge is 2.02. The van der Waals surface area contributed by atoms with E-state index in [1.807, 2.05) is 56.3 Å². The number of amides is 1. The quantitative estimate of drug-likeness (QED) is 0.670. The van der Waals surface area contributed by atoms with Crippen molar-refractivity contribution in [3.63, 3.8) is 0 Å². The largest absolute Gasteiger partial charge is 0.484 e. The number of hydrogen-bond donors (Lipinski definition) is 1. The fourth-order valence-electron chi connectivity index (χ4n) is 1.70. The molecule has 0 spiro atoms. The van der Waals surface area contributed by atoms with Gasteiger partial charge in [0.25, 0.3) is 5.91 Å². The van der Waals surface area contributed by atoms with Crippen molar-refractivity contribution in [2.45, 2.75) is 13.8 Å². The SMILES string of the molecule is CC(C)/C=N/NC(=O)COc1ccc2ccccc2c1. The van der Waals surface area contributed by atoms with Gasteiger partial charge in [-0.1, -0.05) is 44.2 Å². The van der Waals surface area contributed by atoms with Crippen LogP contribution in [-0.2, 0) is 4.79 Å². The zero-order chi connectivity index (χ0) is 14.4. The van der Waals surface area contributed by atoms with Gasteiger partial charge in [0.2, 0.25) is 0 Å². The number of nitrogens with one attached hydrogen (secondary N) is 1. The number of rotatable bonds is 5. The van der Waals surface area contributed by atoms with E-state index in [9.17, 15) is 4.79 Å². The zero-order valence-electron chi connectivity index (χ0n) is 11.7. The van der Waals surface area contributed by atoms with Gasteiger partial charge in [-0.3, -0.25) is 4.79 Å². The van der Waals surface area contributed by atoms with Crippen molar-refractivity contribution in [3.8, 4) is 5.75 Å². The molecule has 4 heteroatoms. The lowest BCUT2D eigenvalue weighted by atomic mass is 10.1. The van der Waals surface area contributed by atoms with Crippen LogP contribution in [0.4, 0.5) is 0 Å². The molecule has 4 nitrogen and oxygen atoms in total. The second-order valence-corrected chi connectivity index (χ2v) is 4.85. The molecule has 2 aromatic carbocycles. The minimum absolute atomic E-state index is 0.0478. The Balaban J connectivity index is 1.90. The normalized spacial score (nSPS) is 11.2. The van der Waals surface area contributed by atoms with Crippen LogP contribution in [0.2, 0.25) is 0 Å². The Hall–Kier alpha value is -2.36. The minimum Gasteiger partial charge on any atom is -0.484 e. The van der Waals surface area contributed by atoms with Crippen molar-refractivity contribution in [2.75, 3.05) is 6.61 Å². The number of ether oxygens (including phenoxy) is 1. The smallest absolute Gasteiger partial charge is 0.277 e. The number of benzene rings is 2. The highest BCUT2D eigenvalue weighted by molar-refractivity contribution is 5.84. The van der Waals surface area contributed by atoms with Crippen molar-refractivity contribution in [1.29, 1.82) is 0 Å². The molecule has 0 fully saturated rings. The molecule has 0 aliphatic rings. The van der Waals surface area contributed by atoms with Gasteiger partial charge >= 0.3 is 0 Å². The molecule has 0 heterocycles. The number of carbonyl (C=O) groups is 1. The molecule has 0 aromatic heterocycles. The van der Waals surface area contributed by atoms with E-state index >= 15 is 0 Å². The predicted molar refractivity (Wildman–Crippen MR) is 80.9 cm³/mol. The van der Waals surface area contributed by atoms with Crippen LogP contribution in [0.25, 0.3) is 10.8 Å². The van der Waals surface area contributed by atoms with Gasteiger partial charge < -0.3 is 4.74 Å². The molecule has 2 aromatic rings. The van der Waals surface area contributed by atoms with Crippen LogP contribution < -0.4 is 10.2 Å². The summed E-state index contributed by atoms with van der Waals surface area (Å²) in [5.41, 5.74) is 2.43. The summed E-state index contributed by atoms with van der Waals surface area (Å²) in [5, 5.41) is 6.06. The molecule has 0 aliphatic heterocycles. The summed E-state index contributed by atoms with van der Waals surface area (Å²) in [4.78, 5) is 11.5. The second kappa shape index (κ2) is 6.70. The molecular weight excluding hydrogens is 252 g/mol. The van der Waals surface area contributed by atoms with Crippen molar-refractivity contribution >= 4 is 22.9 Å². The van der Waals surface area contributed by atoms with E-state index in [0.717, 1.165) is 10.8 Å². The molecular formula is C16H18N2O2. The fourth-order valence-corrected chi connectivity index (χ4v) is 1.70. The first kappa shape index (κ1) is 14.1. The van der Waals surface area contributed by atoms with Crippen molar-refractivity contribution < 1.29 is 9.53 Å². The van der Waals surface area contributed by atoms with E-state index in [1.54, 1.807) is 6.21 Å². The summed E-state index contributed by atoms with van der Waals surface area (Å²) >= 11 is 0. The zero-order valence-corrected chi connectivity index (χ0v) is 11.7. The lowest BCUT2D eigenvalue weighted by Gasteiger charge is -2.06. The lowest BCUT2D eigenvalue weighted by Crippen LogP contribution is -2.24. The van der Waals surface area contributed by atoms with Gasteiger partial charge in [0, 0.05) is 6.21 Å². The van der Waals surface area contributed by atoms with Crippen LogP contribution >= 0.6 is 0 Å². The Morgan fingerprint density at radius 3 is 2.75 bits per heavy atom. The average Bonchev–Trinajstić information content (AvgIpc) is 2.44. The summed E-state index contributed by atoms with van der Waals surface area (Å²) in [7, 11) is 0. The molecule has 0 saturated carbocycles. The number of hydrogen-bond acceptors (Lipinski definition) is 3. The first-order chi connectivity index (χ1) is 9.65. The van der Waals surface area contributed by atoms with Gasteiger partial charge in [-0.25, -0.2) is 5.43 Å². The van der Waals surface area contributed by atoms with E-state index in [0.29, 0.717) is 11.7 Å². The molecule has 0 aliphatic carbocycles. The van der Waals surface area contributed by atoms with Crippen LogP contribution in [-0.4, -0.2) is 18.7 Å². The van der Waals surface area contributed by atoms with Crippen molar-refractivity contribution in [1.82, 2.24) is 5.43 Å². The highest BCUT2D eigenvalue weighted by atomic mass is 16.5. The first-order valence-corrected chi connectivity index (χ1v) is 6.59. The van der Waals surface area contributed by atoms with E-state index in [1.165, 1.54) is 0 Å². The molecule has 2 rings (SSSR count). The Morgan fingerprint density at radius 2 is 2.00 bits per heavy atom. The average molecular weight is 270 g/mol. The van der Waals surface area contributed by atoms with Crippen LogP contribution in [0, 0.1) is 5.92 Å². The third-order valence-corrected chi connectivity index (χ3v) is 2.65. The van der Waals surface area contributed by atoms with Crippen molar-refractivity contribution in [2.24, 2.45) is 11.0 Å². The fraction of sp³-hybridized carbons (Fsp3) is 0.250. The maximum atomic E-state index is 11.5. The Morgan fingerprint density at radius 1 is 1.25 bits per heavy atom. The molecule has 0 atom stereocenters. The van der Waals surface area contributed by atoms with Crippen LogP contribution in [0.1, 0.15) is 13.8 Å². The number of carbonyl (C=O) groups excluding carboxylic acids is 1. The van der Waals surface area contributed by atoms with E-state index < -0.39 is 0 Å². The van der Waals surface area contributed by atoms with E-state index in [2.05, 4.69) is 10.5 Å².